The summed E-state index contributed by atoms with van der Waals surface area (Å²) >= 11 is 0. The molecule has 0 saturated heterocycles. The zero-order chi connectivity index (χ0) is 14.1. The summed E-state index contributed by atoms with van der Waals surface area (Å²) in [4.78, 5) is 14.1. The number of amides is 1. The number of nitrogens with one attached hydrogen (secondary N) is 2. The summed E-state index contributed by atoms with van der Waals surface area (Å²) in [6, 6.07) is 0.380. The molecule has 0 aromatic heterocycles. The highest BCUT2D eigenvalue weighted by molar-refractivity contribution is 5.76. The van der Waals surface area contributed by atoms with Gasteiger partial charge in [0.1, 0.15) is 0 Å². The quantitative estimate of drug-likeness (QED) is 0.304. The Kier molecular flexibility index (Phi) is 7.25. The van der Waals surface area contributed by atoms with Crippen LogP contribution in [0.4, 0.5) is 0 Å². The molecule has 6 nitrogen and oxygen atoms in total. The van der Waals surface area contributed by atoms with Gasteiger partial charge >= 0.3 is 0 Å². The van der Waals surface area contributed by atoms with Crippen molar-refractivity contribution >= 4 is 11.9 Å². The average molecular weight is 269 g/mol. The topological polar surface area (TPSA) is 108 Å². The van der Waals surface area contributed by atoms with Crippen LogP contribution in [0.3, 0.4) is 0 Å². The monoisotopic (exact) mass is 269 g/mol. The van der Waals surface area contributed by atoms with Crippen molar-refractivity contribution in [1.29, 1.82) is 5.41 Å². The van der Waals surface area contributed by atoms with Crippen molar-refractivity contribution in [1.82, 2.24) is 10.2 Å². The molecule has 0 aromatic rings. The molecule has 19 heavy (non-hydrogen) atoms. The maximum Gasteiger partial charge on any atom is 0.224 e. The van der Waals surface area contributed by atoms with Gasteiger partial charge in [-0.1, -0.05) is 19.3 Å². The van der Waals surface area contributed by atoms with Crippen LogP contribution in [0.1, 0.15) is 44.9 Å². The van der Waals surface area contributed by atoms with Gasteiger partial charge in [0.25, 0.3) is 0 Å². The Bertz CT molecular complexity index is 289. The number of guanidine groups is 1. The van der Waals surface area contributed by atoms with Gasteiger partial charge in [0, 0.05) is 32.1 Å². The van der Waals surface area contributed by atoms with Gasteiger partial charge in [0.2, 0.25) is 5.91 Å². The fourth-order valence-corrected chi connectivity index (χ4v) is 2.64. The summed E-state index contributed by atoms with van der Waals surface area (Å²) in [6.45, 7) is 1.77. The second-order valence-electron chi connectivity index (χ2n) is 5.11. The van der Waals surface area contributed by atoms with Crippen LogP contribution in [0, 0.1) is 5.41 Å². The van der Waals surface area contributed by atoms with Crippen molar-refractivity contribution in [2.75, 3.05) is 19.6 Å². The smallest absolute Gasteiger partial charge is 0.224 e. The van der Waals surface area contributed by atoms with E-state index < -0.39 is 0 Å². The first-order chi connectivity index (χ1) is 9.15. The van der Waals surface area contributed by atoms with E-state index in [-0.39, 0.29) is 11.9 Å². The third kappa shape index (κ3) is 5.92. The zero-order valence-electron chi connectivity index (χ0n) is 11.7. The molecule has 1 amide bonds. The predicted molar refractivity (Wildman–Crippen MR) is 76.8 cm³/mol. The number of nitrogens with zero attached hydrogens (tertiary/aromatic N) is 1. The van der Waals surface area contributed by atoms with Gasteiger partial charge in [-0.2, -0.15) is 0 Å². The number of nitrogens with two attached hydrogens (primary N) is 2. The van der Waals surface area contributed by atoms with E-state index in [4.69, 9.17) is 16.9 Å². The molecule has 0 aromatic carbocycles. The van der Waals surface area contributed by atoms with Crippen molar-refractivity contribution in [3.8, 4) is 0 Å². The molecular weight excluding hydrogens is 242 g/mol. The lowest BCUT2D eigenvalue weighted by Crippen LogP contribution is -2.43. The van der Waals surface area contributed by atoms with Crippen molar-refractivity contribution in [3.05, 3.63) is 0 Å². The molecular formula is C13H27N5O. The maximum atomic E-state index is 12.1. The summed E-state index contributed by atoms with van der Waals surface area (Å²) in [6.07, 6.45) is 7.16. The van der Waals surface area contributed by atoms with Crippen LogP contribution < -0.4 is 16.8 Å². The summed E-state index contributed by atoms with van der Waals surface area (Å²) in [5.74, 6) is 0.148. The van der Waals surface area contributed by atoms with Crippen LogP contribution in [0.2, 0.25) is 0 Å². The number of carbonyl (C=O) groups is 1. The maximum absolute atomic E-state index is 12.1. The zero-order valence-corrected chi connectivity index (χ0v) is 11.7. The third-order valence-electron chi connectivity index (χ3n) is 3.59. The van der Waals surface area contributed by atoms with E-state index in [0.29, 0.717) is 25.6 Å². The molecule has 6 N–H and O–H groups in total. The van der Waals surface area contributed by atoms with Crippen LogP contribution in [0.5, 0.6) is 0 Å². The van der Waals surface area contributed by atoms with Crippen molar-refractivity contribution in [2.24, 2.45) is 11.5 Å². The van der Waals surface area contributed by atoms with Crippen LogP contribution in [0.15, 0.2) is 0 Å². The third-order valence-corrected chi connectivity index (χ3v) is 3.59. The Morgan fingerprint density at radius 1 is 1.32 bits per heavy atom. The largest absolute Gasteiger partial charge is 0.370 e. The molecule has 1 rings (SSSR count). The van der Waals surface area contributed by atoms with Crippen molar-refractivity contribution in [2.45, 2.75) is 51.0 Å². The van der Waals surface area contributed by atoms with Gasteiger partial charge < -0.3 is 21.7 Å². The minimum atomic E-state index is -0.0162. The van der Waals surface area contributed by atoms with E-state index in [1.54, 1.807) is 0 Å². The molecule has 1 aliphatic rings. The van der Waals surface area contributed by atoms with Gasteiger partial charge in [-0.05, 0) is 19.3 Å². The normalized spacial score (nSPS) is 16.1. The molecule has 110 valence electrons. The Hall–Kier alpha value is -1.30. The Labute approximate surface area is 115 Å². The number of rotatable bonds is 7. The highest BCUT2D eigenvalue weighted by atomic mass is 16.2. The fraction of sp³-hybridized carbons (Fsp3) is 0.846. The minimum absolute atomic E-state index is 0.0162. The number of hydrogen-bond acceptors (Lipinski definition) is 3. The molecule has 0 unspecified atom stereocenters. The highest BCUT2D eigenvalue weighted by Gasteiger charge is 2.24. The van der Waals surface area contributed by atoms with Crippen LogP contribution >= 0.6 is 0 Å². The lowest BCUT2D eigenvalue weighted by Gasteiger charge is -2.34. The average Bonchev–Trinajstić information content (AvgIpc) is 2.39. The Balaban J connectivity index is 2.43. The molecule has 1 aliphatic carbocycles. The van der Waals surface area contributed by atoms with Crippen molar-refractivity contribution < 1.29 is 4.79 Å². The van der Waals surface area contributed by atoms with E-state index >= 15 is 0 Å². The lowest BCUT2D eigenvalue weighted by atomic mass is 9.94. The first-order valence-electron chi connectivity index (χ1n) is 7.22. The Morgan fingerprint density at radius 3 is 2.58 bits per heavy atom. The van der Waals surface area contributed by atoms with Gasteiger partial charge in [-0.25, -0.2) is 0 Å². The minimum Gasteiger partial charge on any atom is -0.370 e. The van der Waals surface area contributed by atoms with E-state index in [2.05, 4.69) is 5.32 Å². The van der Waals surface area contributed by atoms with Crippen LogP contribution in [-0.2, 0) is 4.79 Å². The lowest BCUT2D eigenvalue weighted by molar-refractivity contribution is -0.134. The van der Waals surface area contributed by atoms with Gasteiger partial charge in [-0.15, -0.1) is 0 Å². The van der Waals surface area contributed by atoms with E-state index in [1.807, 2.05) is 4.90 Å². The predicted octanol–water partition coefficient (Wildman–Crippen LogP) is 0.370. The molecule has 1 saturated carbocycles. The van der Waals surface area contributed by atoms with E-state index in [0.717, 1.165) is 25.8 Å². The number of hydrogen-bond donors (Lipinski definition) is 4. The molecule has 0 bridgehead atoms. The van der Waals surface area contributed by atoms with Gasteiger partial charge in [0.15, 0.2) is 5.96 Å². The molecule has 1 fully saturated rings. The molecule has 0 radical (unpaired) electrons. The molecule has 6 heteroatoms. The first-order valence-corrected chi connectivity index (χ1v) is 7.22. The summed E-state index contributed by atoms with van der Waals surface area (Å²) < 4.78 is 0. The number of carbonyl (C=O) groups excluding carboxylic acids is 1. The summed E-state index contributed by atoms with van der Waals surface area (Å²) in [5, 5.41) is 9.87. The van der Waals surface area contributed by atoms with Crippen molar-refractivity contribution in [3.63, 3.8) is 0 Å². The van der Waals surface area contributed by atoms with Crippen LogP contribution in [-0.4, -0.2) is 42.4 Å². The fourth-order valence-electron chi connectivity index (χ4n) is 2.64. The van der Waals surface area contributed by atoms with Gasteiger partial charge in [-0.3, -0.25) is 10.2 Å². The molecule has 0 atom stereocenters. The SMILES string of the molecule is N=C(N)NCCCN(C(=O)CCN)C1CCCCC1. The first kappa shape index (κ1) is 15.8. The van der Waals surface area contributed by atoms with E-state index in [1.165, 1.54) is 19.3 Å². The second-order valence-corrected chi connectivity index (χ2v) is 5.11. The summed E-state index contributed by atoms with van der Waals surface area (Å²) in [5.41, 5.74) is 10.7. The van der Waals surface area contributed by atoms with Crippen LogP contribution in [0.25, 0.3) is 0 Å². The standard InChI is InChI=1S/C13H27N5O/c14-8-7-12(19)18(10-4-9-17-13(15)16)11-5-2-1-3-6-11/h11H,1-10,14H2,(H4,15,16,17). The molecule has 0 aliphatic heterocycles. The second kappa shape index (κ2) is 8.74. The van der Waals surface area contributed by atoms with Gasteiger partial charge in [0.05, 0.1) is 0 Å². The Morgan fingerprint density at radius 2 is 2.00 bits per heavy atom. The molecule has 0 heterocycles. The van der Waals surface area contributed by atoms with E-state index in [9.17, 15) is 4.79 Å². The highest BCUT2D eigenvalue weighted by Crippen LogP contribution is 2.23. The summed E-state index contributed by atoms with van der Waals surface area (Å²) in [7, 11) is 0. The molecule has 0 spiro atoms.